The van der Waals surface area contributed by atoms with Crippen LogP contribution in [0.2, 0.25) is 0 Å². The highest BCUT2D eigenvalue weighted by molar-refractivity contribution is 5.73. The van der Waals surface area contributed by atoms with Crippen molar-refractivity contribution >= 4 is 5.97 Å². The van der Waals surface area contributed by atoms with Gasteiger partial charge in [-0.05, 0) is 12.0 Å². The molecule has 0 bridgehead atoms. The van der Waals surface area contributed by atoms with Gasteiger partial charge in [0.25, 0.3) is 0 Å². The zero-order valence-corrected chi connectivity index (χ0v) is 8.68. The standard InChI is InChI=1S/C10H15N3O2/c1-2-3-7-5-12-9(13-6-7)4-8(11)10(14)15/h5-6,8H,2-4,11H2,1H3,(H,14,15). The van der Waals surface area contributed by atoms with Crippen LogP contribution >= 0.6 is 0 Å². The molecule has 0 spiro atoms. The van der Waals surface area contributed by atoms with Gasteiger partial charge in [-0.1, -0.05) is 13.3 Å². The number of nitrogens with two attached hydrogens (primary N) is 1. The summed E-state index contributed by atoms with van der Waals surface area (Å²) in [6.07, 6.45) is 5.59. The average molecular weight is 209 g/mol. The Morgan fingerprint density at radius 3 is 2.60 bits per heavy atom. The van der Waals surface area contributed by atoms with Crippen molar-refractivity contribution in [2.45, 2.75) is 32.2 Å². The summed E-state index contributed by atoms with van der Waals surface area (Å²) in [5.74, 6) is -0.555. The summed E-state index contributed by atoms with van der Waals surface area (Å²) in [5, 5.41) is 8.60. The zero-order chi connectivity index (χ0) is 11.3. The fraction of sp³-hybridized carbons (Fsp3) is 0.500. The highest BCUT2D eigenvalue weighted by Crippen LogP contribution is 2.01. The van der Waals surface area contributed by atoms with Crippen molar-refractivity contribution in [3.8, 4) is 0 Å². The lowest BCUT2D eigenvalue weighted by Crippen LogP contribution is -2.32. The van der Waals surface area contributed by atoms with E-state index < -0.39 is 12.0 Å². The number of carboxylic acids is 1. The van der Waals surface area contributed by atoms with Gasteiger partial charge in [0.1, 0.15) is 11.9 Å². The van der Waals surface area contributed by atoms with Crippen molar-refractivity contribution in [1.82, 2.24) is 9.97 Å². The third kappa shape index (κ3) is 3.63. The number of rotatable bonds is 5. The number of aromatic nitrogens is 2. The van der Waals surface area contributed by atoms with Crippen molar-refractivity contribution in [3.05, 3.63) is 23.8 Å². The fourth-order valence-corrected chi connectivity index (χ4v) is 1.19. The third-order valence-corrected chi connectivity index (χ3v) is 2.02. The van der Waals surface area contributed by atoms with Crippen LogP contribution in [0.4, 0.5) is 0 Å². The van der Waals surface area contributed by atoms with Crippen LogP contribution in [0.25, 0.3) is 0 Å². The lowest BCUT2D eigenvalue weighted by atomic mass is 10.2. The van der Waals surface area contributed by atoms with Gasteiger partial charge in [-0.2, -0.15) is 0 Å². The number of carboxylic acid groups (broad SMARTS) is 1. The summed E-state index contributed by atoms with van der Waals surface area (Å²) in [4.78, 5) is 18.6. The molecule has 1 unspecified atom stereocenters. The van der Waals surface area contributed by atoms with E-state index in [0.717, 1.165) is 18.4 Å². The van der Waals surface area contributed by atoms with Crippen LogP contribution in [-0.4, -0.2) is 27.1 Å². The van der Waals surface area contributed by atoms with Crippen molar-refractivity contribution in [2.75, 3.05) is 0 Å². The van der Waals surface area contributed by atoms with E-state index in [1.165, 1.54) is 0 Å². The van der Waals surface area contributed by atoms with Crippen LogP contribution in [0, 0.1) is 0 Å². The van der Waals surface area contributed by atoms with Crippen molar-refractivity contribution in [2.24, 2.45) is 5.73 Å². The lowest BCUT2D eigenvalue weighted by Gasteiger charge is -2.05. The predicted octanol–water partition coefficient (Wildman–Crippen LogP) is 0.384. The normalized spacial score (nSPS) is 12.4. The minimum atomic E-state index is -1.03. The SMILES string of the molecule is CCCc1cnc(CC(N)C(=O)O)nc1. The van der Waals surface area contributed by atoms with Crippen molar-refractivity contribution < 1.29 is 9.90 Å². The van der Waals surface area contributed by atoms with Gasteiger partial charge in [-0.15, -0.1) is 0 Å². The maximum Gasteiger partial charge on any atom is 0.320 e. The monoisotopic (exact) mass is 209 g/mol. The Morgan fingerprint density at radius 2 is 2.13 bits per heavy atom. The van der Waals surface area contributed by atoms with Gasteiger partial charge in [0.05, 0.1) is 0 Å². The van der Waals surface area contributed by atoms with Gasteiger partial charge in [0.2, 0.25) is 0 Å². The van der Waals surface area contributed by atoms with E-state index in [4.69, 9.17) is 10.8 Å². The summed E-state index contributed by atoms with van der Waals surface area (Å²) in [7, 11) is 0. The summed E-state index contributed by atoms with van der Waals surface area (Å²) in [6, 6.07) is -0.929. The number of carbonyl (C=O) groups is 1. The van der Waals surface area contributed by atoms with Crippen LogP contribution in [0.3, 0.4) is 0 Å². The molecule has 1 heterocycles. The van der Waals surface area contributed by atoms with Crippen LogP contribution in [-0.2, 0) is 17.6 Å². The summed E-state index contributed by atoms with van der Waals surface area (Å²) in [6.45, 7) is 2.08. The molecule has 3 N–H and O–H groups in total. The van der Waals surface area contributed by atoms with Gasteiger partial charge in [0.15, 0.2) is 0 Å². The predicted molar refractivity (Wildman–Crippen MR) is 55.3 cm³/mol. The van der Waals surface area contributed by atoms with Crippen LogP contribution < -0.4 is 5.73 Å². The van der Waals surface area contributed by atoms with Crippen molar-refractivity contribution in [3.63, 3.8) is 0 Å². The van der Waals surface area contributed by atoms with Gasteiger partial charge in [-0.3, -0.25) is 4.79 Å². The second kappa shape index (κ2) is 5.41. The molecular formula is C10H15N3O2. The average Bonchev–Trinajstić information content (AvgIpc) is 2.21. The molecule has 1 atom stereocenters. The molecule has 0 amide bonds. The molecule has 5 heteroatoms. The first-order valence-electron chi connectivity index (χ1n) is 4.91. The summed E-state index contributed by atoms with van der Waals surface area (Å²) in [5.41, 5.74) is 6.43. The van der Waals surface area contributed by atoms with E-state index in [2.05, 4.69) is 16.9 Å². The van der Waals surface area contributed by atoms with Crippen LogP contribution in [0.5, 0.6) is 0 Å². The first kappa shape index (κ1) is 11.6. The minimum Gasteiger partial charge on any atom is -0.480 e. The topological polar surface area (TPSA) is 89.1 Å². The Kier molecular flexibility index (Phi) is 4.17. The molecule has 0 radical (unpaired) electrons. The van der Waals surface area contributed by atoms with Crippen LogP contribution in [0.15, 0.2) is 12.4 Å². The summed E-state index contributed by atoms with van der Waals surface area (Å²) >= 11 is 0. The minimum absolute atomic E-state index is 0.168. The molecule has 1 aromatic heterocycles. The number of nitrogens with zero attached hydrogens (tertiary/aromatic N) is 2. The van der Waals surface area contributed by atoms with E-state index in [9.17, 15) is 4.79 Å². The van der Waals surface area contributed by atoms with Gasteiger partial charge >= 0.3 is 5.97 Å². The highest BCUT2D eigenvalue weighted by atomic mass is 16.4. The molecule has 0 aromatic carbocycles. The summed E-state index contributed by atoms with van der Waals surface area (Å²) < 4.78 is 0. The first-order valence-corrected chi connectivity index (χ1v) is 4.91. The zero-order valence-electron chi connectivity index (χ0n) is 8.68. The van der Waals surface area contributed by atoms with Gasteiger partial charge in [0, 0.05) is 18.8 Å². The second-order valence-corrected chi connectivity index (χ2v) is 3.41. The maximum absolute atomic E-state index is 10.5. The van der Waals surface area contributed by atoms with E-state index in [0.29, 0.717) is 5.82 Å². The Balaban J connectivity index is 2.60. The van der Waals surface area contributed by atoms with E-state index in [1.54, 1.807) is 12.4 Å². The van der Waals surface area contributed by atoms with E-state index in [1.807, 2.05) is 0 Å². The van der Waals surface area contributed by atoms with E-state index in [-0.39, 0.29) is 6.42 Å². The Morgan fingerprint density at radius 1 is 1.53 bits per heavy atom. The second-order valence-electron chi connectivity index (χ2n) is 3.41. The number of hydrogen-bond donors (Lipinski definition) is 2. The molecule has 0 aliphatic rings. The molecule has 5 nitrogen and oxygen atoms in total. The number of hydrogen-bond acceptors (Lipinski definition) is 4. The van der Waals surface area contributed by atoms with Gasteiger partial charge in [-0.25, -0.2) is 9.97 Å². The van der Waals surface area contributed by atoms with E-state index >= 15 is 0 Å². The smallest absolute Gasteiger partial charge is 0.320 e. The Bertz CT molecular complexity index is 324. The van der Waals surface area contributed by atoms with Crippen molar-refractivity contribution in [1.29, 1.82) is 0 Å². The molecule has 82 valence electrons. The third-order valence-electron chi connectivity index (χ3n) is 2.02. The fourth-order valence-electron chi connectivity index (χ4n) is 1.19. The highest BCUT2D eigenvalue weighted by Gasteiger charge is 2.13. The molecule has 1 rings (SSSR count). The Labute approximate surface area is 88.4 Å². The number of aryl methyl sites for hydroxylation is 1. The lowest BCUT2D eigenvalue weighted by molar-refractivity contribution is -0.138. The number of aliphatic carboxylic acids is 1. The molecule has 15 heavy (non-hydrogen) atoms. The largest absolute Gasteiger partial charge is 0.480 e. The molecule has 1 aromatic rings. The molecule has 0 saturated heterocycles. The molecule has 0 aliphatic carbocycles. The molecular weight excluding hydrogens is 194 g/mol. The first-order chi connectivity index (χ1) is 7.13. The van der Waals surface area contributed by atoms with Gasteiger partial charge < -0.3 is 10.8 Å². The quantitative estimate of drug-likeness (QED) is 0.732. The Hall–Kier alpha value is -1.49. The molecule has 0 aliphatic heterocycles. The molecule has 0 saturated carbocycles. The molecule has 0 fully saturated rings. The van der Waals surface area contributed by atoms with Crippen LogP contribution in [0.1, 0.15) is 24.7 Å². The maximum atomic E-state index is 10.5.